The number of nitrogens with two attached hydrogens (primary N) is 1. The second kappa shape index (κ2) is 20.9. The van der Waals surface area contributed by atoms with Crippen LogP contribution >= 0.6 is 23.5 Å². The third kappa shape index (κ3) is 15.1. The first-order valence-electron chi connectivity index (χ1n) is 16.7. The smallest absolute Gasteiger partial charge is 0.481 e. The van der Waals surface area contributed by atoms with Crippen LogP contribution in [0.3, 0.4) is 0 Å². The molecule has 2 aromatic heterocycles. The summed E-state index contributed by atoms with van der Waals surface area (Å²) >= 11 is -1.84. The fraction of sp³-hybridized carbons (Fsp3) is 0.667. The number of phosphoric acid groups is 3. The summed E-state index contributed by atoms with van der Waals surface area (Å²) in [6, 6.07) is 0. The highest BCUT2D eigenvalue weighted by Crippen LogP contribution is 2.61. The Kier molecular flexibility index (Phi) is 17.8. The number of ether oxygens (including phenoxy) is 1. The van der Waals surface area contributed by atoms with Crippen LogP contribution in [0.4, 0.5) is 5.82 Å². The Labute approximate surface area is 326 Å². The van der Waals surface area contributed by atoms with Crippen LogP contribution in [0.25, 0.3) is 11.2 Å². The minimum absolute atomic E-state index is 0.0180. The van der Waals surface area contributed by atoms with Gasteiger partial charge in [0.1, 0.15) is 48.3 Å². The molecule has 1 aliphatic rings. The van der Waals surface area contributed by atoms with E-state index in [0.29, 0.717) is 19.3 Å². The molecule has 26 nitrogen and oxygen atoms in total. The summed E-state index contributed by atoms with van der Waals surface area (Å²) in [6.07, 6.45) is -5.21. The Morgan fingerprint density at radius 2 is 1.75 bits per heavy atom. The molecule has 0 aliphatic carbocycles. The summed E-state index contributed by atoms with van der Waals surface area (Å²) < 4.78 is 74.0. The van der Waals surface area contributed by atoms with Crippen LogP contribution < -0.4 is 16.4 Å². The van der Waals surface area contributed by atoms with Crippen molar-refractivity contribution in [2.45, 2.75) is 76.6 Å². The summed E-state index contributed by atoms with van der Waals surface area (Å²) in [4.78, 5) is 97.7. The standard InChI is InChI=1S/C27H44N7O19P3S/c1-27(2,22(39)25(40)30-8-7-17(36)29-9-11-57(48)18(37)6-4-3-5-10-35)13-50-56(46,47)53-55(44,45)49-12-16-21(52-54(41,42)43)20(38)26(51-16)34-15-33-19-23(28)31-14-32-24(19)34/h10,14-16,20-22,26,38-39H,3-9,11-13H2,1-2H3,(H,29,36)(H,30,40)(H,44,45)(H,46,47)(H2,28,31,32)(H2,41,42,43)/t16-,20-,21-,22?,26-,57?/m1/s1. The molecule has 2 aromatic rings. The highest BCUT2D eigenvalue weighted by atomic mass is 32.2. The van der Waals surface area contributed by atoms with Crippen LogP contribution in [0.1, 0.15) is 52.2 Å². The lowest BCUT2D eigenvalue weighted by Gasteiger charge is -2.30. The topological polar surface area (TPSA) is 404 Å². The minimum atomic E-state index is -5.59. The molecule has 8 atom stereocenters. The minimum Gasteiger partial charge on any atom is -0.609 e. The van der Waals surface area contributed by atoms with E-state index in [4.69, 9.17) is 19.5 Å². The van der Waals surface area contributed by atoms with Gasteiger partial charge in [-0.1, -0.05) is 13.8 Å². The van der Waals surface area contributed by atoms with E-state index in [1.165, 1.54) is 13.8 Å². The summed E-state index contributed by atoms with van der Waals surface area (Å²) in [6.45, 7) is -0.0231. The third-order valence-electron chi connectivity index (χ3n) is 7.89. The highest BCUT2D eigenvalue weighted by Gasteiger charge is 2.50. The molecule has 0 aromatic carbocycles. The van der Waals surface area contributed by atoms with Gasteiger partial charge in [-0.15, -0.1) is 0 Å². The average Bonchev–Trinajstić information content (AvgIpc) is 3.67. The maximum Gasteiger partial charge on any atom is 0.481 e. The van der Waals surface area contributed by atoms with Gasteiger partial charge in [0.2, 0.25) is 11.8 Å². The van der Waals surface area contributed by atoms with Crippen molar-refractivity contribution in [3.8, 4) is 0 Å². The zero-order chi connectivity index (χ0) is 42.8. The number of hydrogen-bond acceptors (Lipinski definition) is 19. The van der Waals surface area contributed by atoms with Gasteiger partial charge in [-0.25, -0.2) is 33.4 Å². The molecular weight excluding hydrogens is 851 g/mol. The number of aliphatic hydroxyl groups excluding tert-OH is 2. The zero-order valence-electron chi connectivity index (χ0n) is 30.3. The van der Waals surface area contributed by atoms with Gasteiger partial charge in [0.25, 0.3) is 0 Å². The second-order valence-corrected chi connectivity index (χ2v) is 18.7. The number of carbonyl (C=O) groups excluding carboxylic acids is 4. The molecule has 0 saturated carbocycles. The van der Waals surface area contributed by atoms with Crippen molar-refractivity contribution < 1.29 is 89.8 Å². The molecule has 30 heteroatoms. The predicted octanol–water partition coefficient (Wildman–Crippen LogP) is -1.56. The molecule has 1 fully saturated rings. The Morgan fingerprint density at radius 1 is 1.07 bits per heavy atom. The molecule has 57 heavy (non-hydrogen) atoms. The lowest BCUT2D eigenvalue weighted by Crippen LogP contribution is -2.46. The Bertz CT molecular complexity index is 1870. The fourth-order valence-electron chi connectivity index (χ4n) is 4.95. The lowest BCUT2D eigenvalue weighted by atomic mass is 9.87. The number of nitrogen functional groups attached to an aromatic ring is 1. The number of hydrogen-bond donors (Lipinski definition) is 9. The van der Waals surface area contributed by atoms with E-state index < -0.39 is 101 Å². The third-order valence-corrected chi connectivity index (χ3v) is 12.3. The molecule has 3 heterocycles. The van der Waals surface area contributed by atoms with E-state index in [1.54, 1.807) is 0 Å². The number of anilines is 1. The summed E-state index contributed by atoms with van der Waals surface area (Å²) in [5.74, 6) is -1.81. The fourth-order valence-corrected chi connectivity index (χ4v) is 8.66. The first-order valence-corrected chi connectivity index (χ1v) is 22.5. The highest BCUT2D eigenvalue weighted by molar-refractivity contribution is 8.06. The Balaban J connectivity index is 1.48. The molecule has 3 rings (SSSR count). The van der Waals surface area contributed by atoms with E-state index in [9.17, 15) is 67.2 Å². The van der Waals surface area contributed by atoms with E-state index in [0.717, 1.165) is 23.5 Å². The summed E-state index contributed by atoms with van der Waals surface area (Å²) in [7, 11) is -16.5. The number of carbonyl (C=O) groups is 4. The van der Waals surface area contributed by atoms with Crippen LogP contribution in [0.5, 0.6) is 0 Å². The number of fused-ring (bicyclic) bond motifs is 1. The quantitative estimate of drug-likeness (QED) is 0.0249. The summed E-state index contributed by atoms with van der Waals surface area (Å²) in [5.41, 5.74) is 4.18. The van der Waals surface area contributed by atoms with Gasteiger partial charge in [0, 0.05) is 36.0 Å². The first-order chi connectivity index (χ1) is 26.5. The number of unbranched alkanes of at least 4 members (excludes halogenated alkanes) is 2. The van der Waals surface area contributed by atoms with Crippen molar-refractivity contribution in [3.05, 3.63) is 12.7 Å². The number of rotatable bonds is 24. The number of amides is 2. The van der Waals surface area contributed by atoms with Crippen molar-refractivity contribution in [1.82, 2.24) is 30.2 Å². The monoisotopic (exact) mass is 895 g/mol. The van der Waals surface area contributed by atoms with Gasteiger partial charge >= 0.3 is 28.6 Å². The van der Waals surface area contributed by atoms with Gasteiger partial charge < -0.3 is 60.2 Å². The lowest BCUT2D eigenvalue weighted by molar-refractivity contribution is -0.137. The predicted molar refractivity (Wildman–Crippen MR) is 192 cm³/mol. The second-order valence-electron chi connectivity index (χ2n) is 12.9. The van der Waals surface area contributed by atoms with Crippen molar-refractivity contribution in [2.24, 2.45) is 5.41 Å². The Hall–Kier alpha value is -2.81. The van der Waals surface area contributed by atoms with E-state index in [-0.39, 0.29) is 48.7 Å². The Morgan fingerprint density at radius 3 is 2.42 bits per heavy atom. The molecule has 322 valence electrons. The zero-order valence-corrected chi connectivity index (χ0v) is 33.8. The van der Waals surface area contributed by atoms with Gasteiger partial charge in [0.15, 0.2) is 17.7 Å². The number of imidazole rings is 1. The molecule has 4 unspecified atom stereocenters. The molecule has 2 amide bonds. The van der Waals surface area contributed by atoms with Crippen molar-refractivity contribution in [3.63, 3.8) is 0 Å². The number of phosphoric ester groups is 3. The largest absolute Gasteiger partial charge is 0.609 e. The normalized spacial score (nSPS) is 22.0. The van der Waals surface area contributed by atoms with Gasteiger partial charge in [-0.3, -0.25) is 27.7 Å². The number of nitrogens with one attached hydrogen (secondary N) is 2. The van der Waals surface area contributed by atoms with Crippen LogP contribution in [0, 0.1) is 5.41 Å². The van der Waals surface area contributed by atoms with Crippen molar-refractivity contribution >= 4 is 74.8 Å². The molecule has 0 radical (unpaired) electrons. The van der Waals surface area contributed by atoms with Crippen LogP contribution in [-0.4, -0.2) is 134 Å². The van der Waals surface area contributed by atoms with Crippen LogP contribution in [0.2, 0.25) is 0 Å². The van der Waals surface area contributed by atoms with Gasteiger partial charge in [0.05, 0.1) is 32.5 Å². The number of nitrogens with zero attached hydrogens (tertiary/aromatic N) is 4. The van der Waals surface area contributed by atoms with E-state index in [1.807, 2.05) is 0 Å². The molecule has 1 aliphatic heterocycles. The van der Waals surface area contributed by atoms with E-state index in [2.05, 4.69) is 34.4 Å². The maximum atomic E-state index is 12.7. The molecule has 0 spiro atoms. The van der Waals surface area contributed by atoms with Gasteiger partial charge in [-0.2, -0.15) is 4.31 Å². The van der Waals surface area contributed by atoms with Crippen LogP contribution in [-0.2, 0) is 66.7 Å². The molecule has 0 bridgehead atoms. The summed E-state index contributed by atoms with van der Waals surface area (Å²) in [5, 5.41) is 25.6. The molecule has 10 N–H and O–H groups in total. The van der Waals surface area contributed by atoms with Crippen molar-refractivity contribution in [1.29, 1.82) is 0 Å². The van der Waals surface area contributed by atoms with Crippen molar-refractivity contribution in [2.75, 3.05) is 37.8 Å². The SMILES string of the molecule is CC(C)(COP(=O)(O)OP(=O)(O)OC[C@H]1O[C@@H](n2cnc3c(N)ncnc32)[C@H](O)[C@@H]1OP(=O)(O)O)C(O)C(=O)NCCC(=O)NCC[S+]([O-])C(=O)CCCCC=O. The van der Waals surface area contributed by atoms with Gasteiger partial charge in [-0.05, 0) is 12.8 Å². The number of aromatic nitrogens is 4. The molecule has 1 saturated heterocycles. The molecular formula is C27H44N7O19P3S. The average molecular weight is 896 g/mol. The number of aldehydes is 1. The van der Waals surface area contributed by atoms with E-state index >= 15 is 0 Å². The maximum absolute atomic E-state index is 12.7. The van der Waals surface area contributed by atoms with Crippen LogP contribution in [0.15, 0.2) is 12.7 Å². The number of aliphatic hydroxyl groups is 2. The first kappa shape index (κ1) is 48.6.